The molecule has 0 bridgehead atoms. The van der Waals surface area contributed by atoms with Gasteiger partial charge in [-0.15, -0.1) is 0 Å². The number of anilines is 1. The first-order valence-electron chi connectivity index (χ1n) is 6.41. The first-order chi connectivity index (χ1) is 9.34. The summed E-state index contributed by atoms with van der Waals surface area (Å²) in [6.07, 6.45) is 1.14. The van der Waals surface area contributed by atoms with E-state index in [0.29, 0.717) is 30.1 Å². The molecule has 0 aliphatic heterocycles. The highest BCUT2D eigenvalue weighted by Crippen LogP contribution is 2.25. The molecule has 0 spiro atoms. The van der Waals surface area contributed by atoms with Gasteiger partial charge < -0.3 is 15.0 Å². The number of para-hydroxylation sites is 1. The molecular formula is C13H19N3O3S. The number of nitrogen functional groups attached to an aromatic ring is 1. The van der Waals surface area contributed by atoms with Gasteiger partial charge in [-0.05, 0) is 26.0 Å². The van der Waals surface area contributed by atoms with Gasteiger partial charge >= 0.3 is 0 Å². The van der Waals surface area contributed by atoms with Crippen molar-refractivity contribution in [2.45, 2.75) is 31.4 Å². The molecule has 0 saturated heterocycles. The number of sulfone groups is 1. The average Bonchev–Trinajstić information content (AvgIpc) is 2.65. The number of aromatic nitrogens is 2. The molecule has 0 amide bonds. The van der Waals surface area contributed by atoms with Gasteiger partial charge in [-0.1, -0.05) is 6.07 Å². The van der Waals surface area contributed by atoms with E-state index in [1.807, 2.05) is 19.9 Å². The number of nitrogens with zero attached hydrogens (tertiary/aromatic N) is 2. The van der Waals surface area contributed by atoms with E-state index >= 15 is 0 Å². The van der Waals surface area contributed by atoms with Crippen LogP contribution in [0.1, 0.15) is 13.8 Å². The lowest BCUT2D eigenvalue weighted by Gasteiger charge is -2.14. The Bertz CT molecular complexity index is 722. The van der Waals surface area contributed by atoms with Crippen LogP contribution in [-0.2, 0) is 21.1 Å². The van der Waals surface area contributed by atoms with Gasteiger partial charge in [0.15, 0.2) is 9.84 Å². The molecule has 7 heteroatoms. The first-order valence-corrected chi connectivity index (χ1v) is 8.30. The van der Waals surface area contributed by atoms with Crippen LogP contribution in [0.25, 0.3) is 11.0 Å². The maximum absolute atomic E-state index is 11.8. The Kier molecular flexibility index (Phi) is 4.01. The molecule has 2 N–H and O–H groups in total. The Balaban J connectivity index is 2.55. The third-order valence-corrected chi connectivity index (χ3v) is 4.19. The van der Waals surface area contributed by atoms with Crippen LogP contribution in [-0.4, -0.2) is 36.9 Å². The third kappa shape index (κ3) is 2.78. The Morgan fingerprint density at radius 3 is 2.75 bits per heavy atom. The summed E-state index contributed by atoms with van der Waals surface area (Å²) in [6.45, 7) is 5.01. The molecule has 1 unspecified atom stereocenters. The highest BCUT2D eigenvalue weighted by Gasteiger charge is 2.18. The summed E-state index contributed by atoms with van der Waals surface area (Å²) in [5, 5.41) is 0. The van der Waals surface area contributed by atoms with Crippen LogP contribution in [0, 0.1) is 0 Å². The second-order valence-electron chi connectivity index (χ2n) is 4.74. The second-order valence-corrected chi connectivity index (χ2v) is 6.73. The topological polar surface area (TPSA) is 87.2 Å². The number of hydrogen-bond acceptors (Lipinski definition) is 5. The lowest BCUT2D eigenvalue weighted by molar-refractivity contribution is 0.0652. The predicted octanol–water partition coefficient (Wildman–Crippen LogP) is 1.45. The first kappa shape index (κ1) is 14.8. The lowest BCUT2D eigenvalue weighted by atomic mass is 10.3. The zero-order chi connectivity index (χ0) is 14.9. The standard InChI is InChI=1S/C13H19N3O3S/c1-4-19-9(2)8-16-10-6-5-7-11(20(3,17)18)12(10)15-13(16)14/h5-7,9H,4,8H2,1-3H3,(H2,14,15). The highest BCUT2D eigenvalue weighted by molar-refractivity contribution is 7.91. The van der Waals surface area contributed by atoms with Crippen molar-refractivity contribution in [1.29, 1.82) is 0 Å². The molecular weight excluding hydrogens is 278 g/mol. The Hall–Kier alpha value is -1.60. The third-order valence-electron chi connectivity index (χ3n) is 3.06. The van der Waals surface area contributed by atoms with Crippen LogP contribution in [0.2, 0.25) is 0 Å². The molecule has 0 fully saturated rings. The number of hydrogen-bond donors (Lipinski definition) is 1. The molecule has 1 aromatic carbocycles. The van der Waals surface area contributed by atoms with Crippen molar-refractivity contribution in [2.24, 2.45) is 0 Å². The van der Waals surface area contributed by atoms with Gasteiger partial charge in [0.2, 0.25) is 5.95 Å². The fraction of sp³-hybridized carbons (Fsp3) is 0.462. The molecule has 110 valence electrons. The van der Waals surface area contributed by atoms with Crippen molar-refractivity contribution in [1.82, 2.24) is 9.55 Å². The summed E-state index contributed by atoms with van der Waals surface area (Å²) in [5.41, 5.74) is 7.03. The van der Waals surface area contributed by atoms with Crippen LogP contribution in [0.5, 0.6) is 0 Å². The maximum atomic E-state index is 11.8. The fourth-order valence-corrected chi connectivity index (χ4v) is 3.05. The number of nitrogens with two attached hydrogens (primary N) is 1. The van der Waals surface area contributed by atoms with Gasteiger partial charge in [0.25, 0.3) is 0 Å². The summed E-state index contributed by atoms with van der Waals surface area (Å²) in [4.78, 5) is 4.40. The number of fused-ring (bicyclic) bond motifs is 1. The van der Waals surface area contributed by atoms with Crippen molar-refractivity contribution >= 4 is 26.8 Å². The van der Waals surface area contributed by atoms with Crippen LogP contribution < -0.4 is 5.73 Å². The van der Waals surface area contributed by atoms with E-state index in [1.165, 1.54) is 6.26 Å². The molecule has 0 aliphatic carbocycles. The zero-order valence-corrected chi connectivity index (χ0v) is 12.6. The molecule has 2 rings (SSSR count). The molecule has 6 nitrogen and oxygen atoms in total. The van der Waals surface area contributed by atoms with Gasteiger partial charge in [0.1, 0.15) is 5.52 Å². The molecule has 2 aromatic rings. The minimum Gasteiger partial charge on any atom is -0.377 e. The summed E-state index contributed by atoms with van der Waals surface area (Å²) in [7, 11) is -3.33. The van der Waals surface area contributed by atoms with Crippen molar-refractivity contribution in [3.8, 4) is 0 Å². The molecule has 1 aromatic heterocycles. The van der Waals surface area contributed by atoms with Crippen LogP contribution in [0.4, 0.5) is 5.95 Å². The van der Waals surface area contributed by atoms with Crippen molar-refractivity contribution in [3.05, 3.63) is 18.2 Å². The van der Waals surface area contributed by atoms with Gasteiger partial charge in [0, 0.05) is 12.9 Å². The Labute approximate surface area is 118 Å². The van der Waals surface area contributed by atoms with E-state index in [2.05, 4.69) is 4.98 Å². The van der Waals surface area contributed by atoms with E-state index in [0.717, 1.165) is 0 Å². The van der Waals surface area contributed by atoms with Crippen LogP contribution in [0.3, 0.4) is 0 Å². The quantitative estimate of drug-likeness (QED) is 0.902. The number of benzene rings is 1. The zero-order valence-electron chi connectivity index (χ0n) is 11.8. The van der Waals surface area contributed by atoms with Crippen molar-refractivity contribution in [2.75, 3.05) is 18.6 Å². The largest absolute Gasteiger partial charge is 0.377 e. The molecule has 0 radical (unpaired) electrons. The minimum atomic E-state index is -3.33. The van der Waals surface area contributed by atoms with Gasteiger partial charge in [-0.3, -0.25) is 0 Å². The molecule has 1 atom stereocenters. The maximum Gasteiger partial charge on any atom is 0.201 e. The van der Waals surface area contributed by atoms with Gasteiger partial charge in [-0.25, -0.2) is 13.4 Å². The number of rotatable bonds is 5. The van der Waals surface area contributed by atoms with E-state index in [-0.39, 0.29) is 11.0 Å². The predicted molar refractivity (Wildman–Crippen MR) is 78.3 cm³/mol. The second kappa shape index (κ2) is 5.41. The Morgan fingerprint density at radius 1 is 1.45 bits per heavy atom. The molecule has 0 saturated carbocycles. The van der Waals surface area contributed by atoms with E-state index < -0.39 is 9.84 Å². The lowest BCUT2D eigenvalue weighted by Crippen LogP contribution is -2.17. The minimum absolute atomic E-state index is 0.0263. The summed E-state index contributed by atoms with van der Waals surface area (Å²) >= 11 is 0. The molecule has 20 heavy (non-hydrogen) atoms. The van der Waals surface area contributed by atoms with E-state index in [4.69, 9.17) is 10.5 Å². The normalized spacial score (nSPS) is 13.8. The highest BCUT2D eigenvalue weighted by atomic mass is 32.2. The number of imidazole rings is 1. The number of ether oxygens (including phenoxy) is 1. The summed E-state index contributed by atoms with van der Waals surface area (Å²) < 4.78 is 30.8. The average molecular weight is 297 g/mol. The van der Waals surface area contributed by atoms with Gasteiger partial charge in [0.05, 0.1) is 23.1 Å². The summed E-state index contributed by atoms with van der Waals surface area (Å²) in [5.74, 6) is 0.294. The van der Waals surface area contributed by atoms with E-state index in [9.17, 15) is 8.42 Å². The fourth-order valence-electron chi connectivity index (χ4n) is 2.22. The van der Waals surface area contributed by atoms with Gasteiger partial charge in [-0.2, -0.15) is 0 Å². The van der Waals surface area contributed by atoms with Crippen molar-refractivity contribution < 1.29 is 13.2 Å². The van der Waals surface area contributed by atoms with E-state index in [1.54, 1.807) is 16.7 Å². The smallest absolute Gasteiger partial charge is 0.201 e. The van der Waals surface area contributed by atoms with Crippen LogP contribution in [0.15, 0.2) is 23.1 Å². The molecule has 1 heterocycles. The van der Waals surface area contributed by atoms with Crippen molar-refractivity contribution in [3.63, 3.8) is 0 Å². The molecule has 0 aliphatic rings. The Morgan fingerprint density at radius 2 is 2.15 bits per heavy atom. The summed E-state index contributed by atoms with van der Waals surface area (Å²) in [6, 6.07) is 5.05. The SMILES string of the molecule is CCOC(C)Cn1c(N)nc2c(S(C)(=O)=O)cccc21. The monoisotopic (exact) mass is 297 g/mol. The van der Waals surface area contributed by atoms with Crippen LogP contribution >= 0.6 is 0 Å².